The summed E-state index contributed by atoms with van der Waals surface area (Å²) in [6.45, 7) is 0.00160. The Bertz CT molecular complexity index is 1960. The molecule has 2 saturated heterocycles. The second-order valence-electron chi connectivity index (χ2n) is 12.4. The summed E-state index contributed by atoms with van der Waals surface area (Å²) in [5.74, 6) is -2.02. The quantitative estimate of drug-likeness (QED) is 0.215. The number of benzene rings is 3. The number of nitriles is 1. The van der Waals surface area contributed by atoms with Gasteiger partial charge in [0, 0.05) is 51.8 Å². The van der Waals surface area contributed by atoms with Crippen molar-refractivity contribution in [3.63, 3.8) is 0 Å². The van der Waals surface area contributed by atoms with Crippen LogP contribution < -0.4 is 0 Å². The van der Waals surface area contributed by atoms with Gasteiger partial charge < -0.3 is 19.4 Å². The van der Waals surface area contributed by atoms with E-state index in [0.29, 0.717) is 18.2 Å². The number of carbonyl (C=O) groups excluding carboxylic acids is 2. The van der Waals surface area contributed by atoms with Crippen molar-refractivity contribution in [1.82, 2.24) is 14.7 Å². The summed E-state index contributed by atoms with van der Waals surface area (Å²) in [4.78, 5) is 29.0. The number of sulfone groups is 1. The third kappa shape index (κ3) is 6.78. The van der Waals surface area contributed by atoms with E-state index in [1.54, 1.807) is 0 Å². The number of carbonyl (C=O) groups is 2. The number of hydrogen-bond donors (Lipinski definition) is 0. The minimum atomic E-state index is -6.13. The topological polar surface area (TPSA) is 111 Å². The van der Waals surface area contributed by atoms with Gasteiger partial charge in [-0.15, -0.1) is 0 Å². The molecule has 0 aromatic heterocycles. The van der Waals surface area contributed by atoms with Crippen LogP contribution in [-0.2, 0) is 36.3 Å². The van der Waals surface area contributed by atoms with E-state index in [2.05, 4.69) is 4.74 Å². The van der Waals surface area contributed by atoms with Crippen LogP contribution in [0.5, 0.6) is 0 Å². The van der Waals surface area contributed by atoms with E-state index in [9.17, 15) is 53.1 Å². The first-order valence-electron chi connectivity index (χ1n) is 15.6. The SMILES string of the molecule is CC(=O)N1CCN(C(=O)N2CC[C@](c3ccc(C(OCc4ccc(F)c(C#N)c4)(C(F)(F)F)C(F)(F)F)cc3)(S(=O)(=O)c3ccc(F)cc3)C2)CC1. The first-order chi connectivity index (χ1) is 24.3. The zero-order chi connectivity index (χ0) is 38.3. The lowest BCUT2D eigenvalue weighted by atomic mass is 9.88. The smallest absolute Gasteiger partial charge is 0.349 e. The zero-order valence-corrected chi connectivity index (χ0v) is 28.1. The Morgan fingerprint density at radius 1 is 0.827 bits per heavy atom. The predicted molar refractivity (Wildman–Crippen MR) is 167 cm³/mol. The molecule has 2 fully saturated rings. The molecular formula is C34H30F8N4O5S. The summed E-state index contributed by atoms with van der Waals surface area (Å²) in [5.41, 5.74) is -7.65. The number of halogens is 8. The monoisotopic (exact) mass is 758 g/mol. The van der Waals surface area contributed by atoms with E-state index < -0.39 is 79.4 Å². The van der Waals surface area contributed by atoms with Crippen LogP contribution in [0.4, 0.5) is 39.9 Å². The number of hydrogen-bond acceptors (Lipinski definition) is 6. The van der Waals surface area contributed by atoms with Crippen molar-refractivity contribution in [2.24, 2.45) is 0 Å². The number of rotatable bonds is 7. The second kappa shape index (κ2) is 14.0. The Morgan fingerprint density at radius 2 is 1.40 bits per heavy atom. The van der Waals surface area contributed by atoms with Gasteiger partial charge >= 0.3 is 18.4 Å². The molecule has 0 radical (unpaired) electrons. The molecule has 0 unspecified atom stereocenters. The molecule has 1 atom stereocenters. The first-order valence-corrected chi connectivity index (χ1v) is 17.1. The molecule has 0 aliphatic carbocycles. The van der Waals surface area contributed by atoms with Crippen LogP contribution in [0.2, 0.25) is 0 Å². The largest absolute Gasteiger partial charge is 0.430 e. The number of likely N-dealkylation sites (tertiary alicyclic amines) is 1. The molecule has 0 saturated carbocycles. The number of urea groups is 1. The van der Waals surface area contributed by atoms with Crippen LogP contribution >= 0.6 is 0 Å². The molecule has 3 aromatic rings. The van der Waals surface area contributed by atoms with Gasteiger partial charge in [-0.2, -0.15) is 31.6 Å². The summed E-state index contributed by atoms with van der Waals surface area (Å²) >= 11 is 0. The molecule has 52 heavy (non-hydrogen) atoms. The summed E-state index contributed by atoms with van der Waals surface area (Å²) in [6.07, 6.45) is -12.6. The Morgan fingerprint density at radius 3 is 1.94 bits per heavy atom. The van der Waals surface area contributed by atoms with Crippen molar-refractivity contribution in [1.29, 1.82) is 5.26 Å². The summed E-state index contributed by atoms with van der Waals surface area (Å²) in [5, 5.41) is 9.04. The van der Waals surface area contributed by atoms with Gasteiger partial charge in [0.25, 0.3) is 5.60 Å². The lowest BCUT2D eigenvalue weighted by Gasteiger charge is -2.38. The van der Waals surface area contributed by atoms with Gasteiger partial charge in [-0.05, 0) is 53.9 Å². The minimum absolute atomic E-state index is 0.133. The average Bonchev–Trinajstić information content (AvgIpc) is 3.56. The number of piperazine rings is 1. The zero-order valence-electron chi connectivity index (χ0n) is 27.3. The molecule has 3 amide bonds. The Labute approximate surface area is 292 Å². The lowest BCUT2D eigenvalue weighted by molar-refractivity contribution is -0.392. The molecule has 2 aliphatic heterocycles. The Balaban J connectivity index is 1.55. The second-order valence-corrected chi connectivity index (χ2v) is 14.6. The number of alkyl halides is 6. The molecule has 9 nitrogen and oxygen atoms in total. The molecule has 5 rings (SSSR count). The third-order valence-electron chi connectivity index (χ3n) is 9.36. The van der Waals surface area contributed by atoms with Crippen molar-refractivity contribution >= 4 is 21.8 Å². The highest BCUT2D eigenvalue weighted by Gasteiger charge is 2.73. The van der Waals surface area contributed by atoms with Gasteiger partial charge in [0.05, 0.1) is 17.1 Å². The highest BCUT2D eigenvalue weighted by atomic mass is 32.2. The minimum Gasteiger partial charge on any atom is -0.349 e. The van der Waals surface area contributed by atoms with Crippen molar-refractivity contribution in [3.05, 3.63) is 101 Å². The van der Waals surface area contributed by atoms with Crippen LogP contribution in [0, 0.1) is 23.0 Å². The van der Waals surface area contributed by atoms with Gasteiger partial charge in [-0.1, -0.05) is 30.3 Å². The molecule has 0 bridgehead atoms. The van der Waals surface area contributed by atoms with Crippen molar-refractivity contribution in [2.45, 2.75) is 47.5 Å². The molecule has 278 valence electrons. The first kappa shape index (κ1) is 38.5. The number of ether oxygens (including phenoxy) is 1. The maximum absolute atomic E-state index is 14.6. The number of amides is 3. The van der Waals surface area contributed by atoms with E-state index >= 15 is 0 Å². The highest BCUT2D eigenvalue weighted by molar-refractivity contribution is 7.92. The molecule has 2 aliphatic rings. The van der Waals surface area contributed by atoms with Crippen molar-refractivity contribution in [2.75, 3.05) is 39.3 Å². The normalized spacial score (nSPS) is 18.7. The Hall–Kier alpha value is -4.76. The molecular weight excluding hydrogens is 728 g/mol. The van der Waals surface area contributed by atoms with Crippen LogP contribution in [0.15, 0.2) is 71.6 Å². The van der Waals surface area contributed by atoms with E-state index in [0.717, 1.165) is 48.5 Å². The molecule has 0 N–H and O–H groups in total. The Kier molecular flexibility index (Phi) is 10.4. The van der Waals surface area contributed by atoms with E-state index in [1.165, 1.54) is 27.7 Å². The lowest BCUT2D eigenvalue weighted by Crippen LogP contribution is -2.56. The average molecular weight is 759 g/mol. The third-order valence-corrected chi connectivity index (χ3v) is 11.8. The van der Waals surface area contributed by atoms with Crippen molar-refractivity contribution in [3.8, 4) is 6.07 Å². The van der Waals surface area contributed by atoms with Gasteiger partial charge in [-0.25, -0.2) is 22.0 Å². The van der Waals surface area contributed by atoms with Crippen molar-refractivity contribution < 1.29 is 57.9 Å². The van der Waals surface area contributed by atoms with Crippen LogP contribution in [0.25, 0.3) is 0 Å². The van der Waals surface area contributed by atoms with Crippen LogP contribution in [-0.4, -0.2) is 86.7 Å². The summed E-state index contributed by atoms with van der Waals surface area (Å²) in [6, 6.07) is 9.28. The summed E-state index contributed by atoms with van der Waals surface area (Å²) < 4.78 is 146. The fourth-order valence-corrected chi connectivity index (χ4v) is 8.57. The fourth-order valence-electron chi connectivity index (χ4n) is 6.49. The molecule has 3 aromatic carbocycles. The highest BCUT2D eigenvalue weighted by Crippen LogP contribution is 2.54. The van der Waals surface area contributed by atoms with Crippen LogP contribution in [0.1, 0.15) is 35.6 Å². The number of nitrogens with zero attached hydrogens (tertiary/aromatic N) is 4. The van der Waals surface area contributed by atoms with E-state index in [1.807, 2.05) is 0 Å². The van der Waals surface area contributed by atoms with E-state index in [4.69, 9.17) is 5.26 Å². The van der Waals surface area contributed by atoms with E-state index in [-0.39, 0.29) is 56.2 Å². The standard InChI is InChI=1S/C34H30F8N4O5S/c1-22(47)44-14-16-45(17-15-44)30(48)46-13-12-31(21-46,52(49,50)28-9-7-27(35)8-10-28)25-3-5-26(6-4-25)32(33(37,38)39,34(40,41)42)51-20-23-2-11-29(36)24(18-23)19-43/h2-11,18H,12-17,20-21H2,1H3/t31-/m0/s1. The maximum atomic E-state index is 14.6. The van der Waals surface area contributed by atoms with Gasteiger partial charge in [0.2, 0.25) is 5.91 Å². The fraction of sp³-hybridized carbons (Fsp3) is 0.382. The predicted octanol–water partition coefficient (Wildman–Crippen LogP) is 6.03. The van der Waals surface area contributed by atoms with Crippen LogP contribution in [0.3, 0.4) is 0 Å². The molecule has 18 heteroatoms. The molecule has 2 heterocycles. The van der Waals surface area contributed by atoms with Gasteiger partial charge in [0.15, 0.2) is 9.84 Å². The molecule has 0 spiro atoms. The van der Waals surface area contributed by atoms with Gasteiger partial charge in [-0.3, -0.25) is 4.79 Å². The maximum Gasteiger partial charge on any atom is 0.430 e. The van der Waals surface area contributed by atoms with Gasteiger partial charge in [0.1, 0.15) is 22.5 Å². The summed E-state index contributed by atoms with van der Waals surface area (Å²) in [7, 11) is -4.61.